The van der Waals surface area contributed by atoms with Crippen LogP contribution in [0.5, 0.6) is 0 Å². The van der Waals surface area contributed by atoms with Gasteiger partial charge in [0, 0.05) is 33.4 Å². The third kappa shape index (κ3) is 4.21. The molecule has 1 N–H and O–H groups in total. The number of nitrogens with one attached hydrogen (secondary N) is 1. The van der Waals surface area contributed by atoms with E-state index in [0.717, 1.165) is 24.8 Å². The number of nitrogens with zero attached hydrogens (tertiary/aromatic N) is 4. The van der Waals surface area contributed by atoms with Crippen LogP contribution in [-0.2, 0) is 6.42 Å². The van der Waals surface area contributed by atoms with Crippen molar-refractivity contribution in [3.8, 4) is 0 Å². The van der Waals surface area contributed by atoms with E-state index < -0.39 is 0 Å². The third-order valence-corrected chi connectivity index (χ3v) is 4.23. The van der Waals surface area contributed by atoms with E-state index >= 15 is 0 Å². The van der Waals surface area contributed by atoms with Gasteiger partial charge < -0.3 is 14.8 Å². The van der Waals surface area contributed by atoms with Gasteiger partial charge in [-0.3, -0.25) is 4.79 Å². The van der Waals surface area contributed by atoms with Crippen molar-refractivity contribution in [3.05, 3.63) is 29.8 Å². The molecule has 0 bridgehead atoms. The van der Waals surface area contributed by atoms with Gasteiger partial charge in [0.1, 0.15) is 5.69 Å². The molecular weight excluding hydrogens is 290 g/mol. The lowest BCUT2D eigenvalue weighted by molar-refractivity contribution is 0.0813. The standard InChI is InChI=1S/C17H27N5O/c1-5-13-10-15(16(23)21(3)4)22(14-8-6-7-9-14)12-20-17(18-2)19-11-13/h10-12,14H,5-9H2,1-4H3,(H,18,19). The van der Waals surface area contributed by atoms with Crippen LogP contribution >= 0.6 is 0 Å². The Balaban J connectivity index is 2.71. The number of hydrogen-bond donors (Lipinski definition) is 1. The lowest BCUT2D eigenvalue weighted by Gasteiger charge is -2.20. The molecule has 0 aliphatic heterocycles. The molecular formula is C17H27N5O. The van der Waals surface area contributed by atoms with Crippen LogP contribution in [0.15, 0.2) is 18.6 Å². The van der Waals surface area contributed by atoms with Crippen LogP contribution in [0, 0.1) is 0 Å². The molecule has 0 spiro atoms. The number of rotatable bonds is 4. The maximum atomic E-state index is 12.7. The highest BCUT2D eigenvalue weighted by Crippen LogP contribution is 2.30. The molecule has 2 rings (SSSR count). The average Bonchev–Trinajstić information content (AvgIpc) is 3.09. The lowest BCUT2D eigenvalue weighted by atomic mass is 10.2. The largest absolute Gasteiger partial charge is 0.357 e. The number of aryl methyl sites for hydroxylation is 1. The van der Waals surface area contributed by atoms with Crippen molar-refractivity contribution in [2.24, 2.45) is 0 Å². The summed E-state index contributed by atoms with van der Waals surface area (Å²) in [6.45, 7) is 2.06. The van der Waals surface area contributed by atoms with E-state index in [9.17, 15) is 4.79 Å². The summed E-state index contributed by atoms with van der Waals surface area (Å²) >= 11 is 0. The zero-order valence-electron chi connectivity index (χ0n) is 14.5. The van der Waals surface area contributed by atoms with Crippen molar-refractivity contribution in [2.45, 2.75) is 45.1 Å². The Kier molecular flexibility index (Phi) is 5.96. The Morgan fingerprint density at radius 2 is 2.04 bits per heavy atom. The molecule has 0 aromatic carbocycles. The first-order valence-corrected chi connectivity index (χ1v) is 8.27. The highest BCUT2D eigenvalue weighted by atomic mass is 16.2. The second-order valence-corrected chi connectivity index (χ2v) is 6.08. The van der Waals surface area contributed by atoms with Crippen molar-refractivity contribution >= 4 is 11.9 Å². The van der Waals surface area contributed by atoms with E-state index in [-0.39, 0.29) is 5.91 Å². The molecule has 0 saturated heterocycles. The Morgan fingerprint density at radius 3 is 2.61 bits per heavy atom. The molecule has 0 unspecified atom stereocenters. The first-order valence-electron chi connectivity index (χ1n) is 8.27. The maximum absolute atomic E-state index is 12.7. The Bertz CT molecular complexity index is 601. The van der Waals surface area contributed by atoms with Crippen molar-refractivity contribution in [1.82, 2.24) is 19.4 Å². The van der Waals surface area contributed by atoms with Gasteiger partial charge in [0.25, 0.3) is 5.91 Å². The topological polar surface area (TPSA) is 63.1 Å². The molecule has 1 fully saturated rings. The number of carbonyl (C=O) groups is 1. The zero-order valence-corrected chi connectivity index (χ0v) is 14.5. The van der Waals surface area contributed by atoms with Crippen LogP contribution in [0.3, 0.4) is 0 Å². The minimum atomic E-state index is -0.00407. The molecule has 1 aliphatic carbocycles. The van der Waals surface area contributed by atoms with E-state index in [0.29, 0.717) is 17.7 Å². The summed E-state index contributed by atoms with van der Waals surface area (Å²) in [5.41, 5.74) is 1.68. The van der Waals surface area contributed by atoms with Crippen LogP contribution in [0.4, 0.5) is 5.95 Å². The first kappa shape index (κ1) is 17.2. The molecule has 6 heteroatoms. The monoisotopic (exact) mass is 317 g/mol. The van der Waals surface area contributed by atoms with Gasteiger partial charge in [-0.15, -0.1) is 0 Å². The molecule has 0 radical (unpaired) electrons. The van der Waals surface area contributed by atoms with E-state index in [1.807, 2.05) is 10.6 Å². The molecule has 0 atom stereocenters. The van der Waals surface area contributed by atoms with Gasteiger partial charge in [-0.05, 0) is 30.9 Å². The normalized spacial score (nSPS) is 14.4. The highest BCUT2D eigenvalue weighted by Gasteiger charge is 2.21. The van der Waals surface area contributed by atoms with Crippen LogP contribution in [-0.4, -0.2) is 46.5 Å². The Hall–Kier alpha value is -2.11. The first-order chi connectivity index (χ1) is 11.1. The number of anilines is 1. The fraction of sp³-hybridized carbons (Fsp3) is 0.588. The van der Waals surface area contributed by atoms with Gasteiger partial charge in [0.15, 0.2) is 0 Å². The fourth-order valence-electron chi connectivity index (χ4n) is 2.84. The van der Waals surface area contributed by atoms with Crippen molar-refractivity contribution in [1.29, 1.82) is 0 Å². The smallest absolute Gasteiger partial charge is 0.270 e. The number of carbonyl (C=O) groups excluding carboxylic acids is 1. The predicted molar refractivity (Wildman–Crippen MR) is 92.1 cm³/mol. The average molecular weight is 317 g/mol. The van der Waals surface area contributed by atoms with Gasteiger partial charge in [-0.25, -0.2) is 9.97 Å². The molecule has 1 aromatic rings. The van der Waals surface area contributed by atoms with Gasteiger partial charge in [-0.1, -0.05) is 19.8 Å². The van der Waals surface area contributed by atoms with Crippen LogP contribution < -0.4 is 5.32 Å². The molecule has 1 amide bonds. The second kappa shape index (κ2) is 7.94. The van der Waals surface area contributed by atoms with E-state index in [2.05, 4.69) is 22.2 Å². The predicted octanol–water partition coefficient (Wildman–Crippen LogP) is 2.82. The zero-order chi connectivity index (χ0) is 16.8. The van der Waals surface area contributed by atoms with E-state index in [4.69, 9.17) is 0 Å². The van der Waals surface area contributed by atoms with Crippen molar-refractivity contribution in [2.75, 3.05) is 26.5 Å². The summed E-state index contributed by atoms with van der Waals surface area (Å²) in [4.78, 5) is 23.1. The number of aromatic nitrogens is 3. The summed E-state index contributed by atoms with van der Waals surface area (Å²) in [7, 11) is 5.36. The van der Waals surface area contributed by atoms with Crippen LogP contribution in [0.25, 0.3) is 0 Å². The summed E-state index contributed by atoms with van der Waals surface area (Å²) in [6.07, 6.45) is 8.91. The number of amides is 1. The van der Waals surface area contributed by atoms with Gasteiger partial charge in [0.2, 0.25) is 5.95 Å². The lowest BCUT2D eigenvalue weighted by Crippen LogP contribution is -2.26. The minimum Gasteiger partial charge on any atom is -0.357 e. The molecule has 1 heterocycles. The Labute approximate surface area is 138 Å². The van der Waals surface area contributed by atoms with E-state index in [1.54, 1.807) is 38.6 Å². The summed E-state index contributed by atoms with van der Waals surface area (Å²) in [5.74, 6) is 0.543. The molecule has 6 nitrogen and oxygen atoms in total. The van der Waals surface area contributed by atoms with Gasteiger partial charge in [-0.2, -0.15) is 0 Å². The SMILES string of the molecule is CCc1cnc(NC)ncn(C2CCCC2)c(C(=O)N(C)C)c1. The third-order valence-electron chi connectivity index (χ3n) is 4.23. The molecule has 1 saturated carbocycles. The molecule has 126 valence electrons. The van der Waals surface area contributed by atoms with Crippen molar-refractivity contribution in [3.63, 3.8) is 0 Å². The highest BCUT2D eigenvalue weighted by molar-refractivity contribution is 5.92. The summed E-state index contributed by atoms with van der Waals surface area (Å²) < 4.78 is 2.04. The van der Waals surface area contributed by atoms with Crippen molar-refractivity contribution < 1.29 is 4.79 Å². The molecule has 23 heavy (non-hydrogen) atoms. The number of hydrogen-bond acceptors (Lipinski definition) is 4. The molecule has 1 aromatic heterocycles. The molecule has 1 aliphatic rings. The summed E-state index contributed by atoms with van der Waals surface area (Å²) in [6, 6.07) is 2.28. The summed E-state index contributed by atoms with van der Waals surface area (Å²) in [5, 5.41) is 2.98. The minimum absolute atomic E-state index is 0.00407. The Morgan fingerprint density at radius 1 is 1.35 bits per heavy atom. The van der Waals surface area contributed by atoms with Gasteiger partial charge in [0.05, 0.1) is 6.33 Å². The maximum Gasteiger partial charge on any atom is 0.270 e. The van der Waals surface area contributed by atoms with Crippen LogP contribution in [0.2, 0.25) is 0 Å². The van der Waals surface area contributed by atoms with E-state index in [1.165, 1.54) is 12.8 Å². The quantitative estimate of drug-likeness (QED) is 0.927. The van der Waals surface area contributed by atoms with Crippen LogP contribution in [0.1, 0.15) is 54.7 Å². The fourth-order valence-corrected chi connectivity index (χ4v) is 2.84. The second-order valence-electron chi connectivity index (χ2n) is 6.08. The van der Waals surface area contributed by atoms with Gasteiger partial charge >= 0.3 is 0 Å².